The van der Waals surface area contributed by atoms with E-state index in [1.54, 1.807) is 0 Å². The average Bonchev–Trinajstić information content (AvgIpc) is 2.98. The van der Waals surface area contributed by atoms with Crippen molar-refractivity contribution in [1.29, 1.82) is 0 Å². The van der Waals surface area contributed by atoms with E-state index in [4.69, 9.17) is 22.0 Å². The molecule has 10 heteroatoms. The van der Waals surface area contributed by atoms with Crippen molar-refractivity contribution in [2.24, 2.45) is 0 Å². The molecule has 0 amide bonds. The third kappa shape index (κ3) is 3.50. The Morgan fingerprint density at radius 3 is 2.44 bits per heavy atom. The molecule has 0 saturated heterocycles. The first-order chi connectivity index (χ1) is 12.6. The van der Waals surface area contributed by atoms with Crippen LogP contribution in [0.5, 0.6) is 0 Å². The third-order valence-corrected chi connectivity index (χ3v) is 4.33. The van der Waals surface area contributed by atoms with Crippen LogP contribution in [0.4, 0.5) is 18.9 Å². The highest BCUT2D eigenvalue weighted by Crippen LogP contribution is 2.33. The summed E-state index contributed by atoms with van der Waals surface area (Å²) in [6.07, 6.45) is -3.33. The molecular weight excluding hydrogens is 389 g/mol. The van der Waals surface area contributed by atoms with E-state index in [2.05, 4.69) is 0 Å². The first-order valence-corrected chi connectivity index (χ1v) is 7.85. The Labute approximate surface area is 155 Å². The summed E-state index contributed by atoms with van der Waals surface area (Å²) in [6.45, 7) is -0.564. The maximum Gasteiger partial charge on any atom is 0.416 e. The first kappa shape index (κ1) is 19.2. The number of aliphatic hydroxyl groups is 1. The summed E-state index contributed by atoms with van der Waals surface area (Å²) in [4.78, 5) is 12.8. The third-order valence-electron chi connectivity index (χ3n) is 4.01. The Kier molecular flexibility index (Phi) is 4.87. The number of hydrogen-bond donors (Lipinski definition) is 3. The van der Waals surface area contributed by atoms with Crippen LogP contribution < -0.4 is 5.23 Å². The summed E-state index contributed by atoms with van der Waals surface area (Å²) in [6, 6.07) is 6.54. The van der Waals surface area contributed by atoms with Gasteiger partial charge in [0, 0.05) is 22.7 Å². The van der Waals surface area contributed by atoms with Gasteiger partial charge in [0.25, 0.3) is 5.91 Å². The molecule has 0 spiro atoms. The molecule has 3 N–H and O–H groups in total. The average molecular weight is 401 g/mol. The summed E-state index contributed by atoms with van der Waals surface area (Å²) in [5.74, 6) is -0.653. The molecule has 3 rings (SSSR count). The molecule has 0 fully saturated rings. The number of halogens is 4. The molecule has 0 aliphatic rings. The number of aromatic nitrogens is 1. The first-order valence-electron chi connectivity index (χ1n) is 7.47. The minimum Gasteiger partial charge on any atom is -0.392 e. The van der Waals surface area contributed by atoms with Crippen molar-refractivity contribution in [3.8, 4) is 0 Å². The summed E-state index contributed by atoms with van der Waals surface area (Å²) in [5, 5.41) is 27.6. The van der Waals surface area contributed by atoms with E-state index in [0.717, 1.165) is 28.8 Å². The van der Waals surface area contributed by atoms with Gasteiger partial charge in [-0.05, 0) is 36.4 Å². The SMILES string of the molecule is O=C(c1ccc(Cl)c(N(O)O)c1)n1cc(CO)c2cc(C(F)(F)F)ccc21. The van der Waals surface area contributed by atoms with Gasteiger partial charge in [-0.3, -0.25) is 19.8 Å². The fraction of sp³-hybridized carbons (Fsp3) is 0.118. The lowest BCUT2D eigenvalue weighted by molar-refractivity contribution is -0.137. The number of hydrogen-bond acceptors (Lipinski definition) is 5. The minimum absolute atomic E-state index is 0.00351. The second kappa shape index (κ2) is 6.86. The summed E-state index contributed by atoms with van der Waals surface area (Å²) in [7, 11) is 0. The maximum absolute atomic E-state index is 12.9. The van der Waals surface area contributed by atoms with Gasteiger partial charge in [0.2, 0.25) is 0 Å². The lowest BCUT2D eigenvalue weighted by Gasteiger charge is -2.12. The van der Waals surface area contributed by atoms with Crippen LogP contribution in [0.3, 0.4) is 0 Å². The molecule has 27 heavy (non-hydrogen) atoms. The Morgan fingerprint density at radius 1 is 1.15 bits per heavy atom. The topological polar surface area (TPSA) is 85.9 Å². The molecule has 0 radical (unpaired) electrons. The molecule has 0 saturated carbocycles. The number of rotatable bonds is 3. The van der Waals surface area contributed by atoms with Gasteiger partial charge < -0.3 is 5.11 Å². The largest absolute Gasteiger partial charge is 0.416 e. The second-order valence-corrected chi connectivity index (χ2v) is 6.08. The van der Waals surface area contributed by atoms with E-state index < -0.39 is 24.3 Å². The van der Waals surface area contributed by atoms with Crippen molar-refractivity contribution in [2.45, 2.75) is 12.8 Å². The van der Waals surface area contributed by atoms with Crippen LogP contribution in [0, 0.1) is 0 Å². The van der Waals surface area contributed by atoms with Gasteiger partial charge in [0.05, 0.1) is 22.7 Å². The van der Waals surface area contributed by atoms with Crippen LogP contribution >= 0.6 is 11.6 Å². The Bertz CT molecular complexity index is 1030. The van der Waals surface area contributed by atoms with Crippen molar-refractivity contribution in [3.05, 3.63) is 64.3 Å². The van der Waals surface area contributed by atoms with Crippen LogP contribution in [-0.2, 0) is 12.8 Å². The smallest absolute Gasteiger partial charge is 0.392 e. The lowest BCUT2D eigenvalue weighted by Crippen LogP contribution is -2.15. The highest BCUT2D eigenvalue weighted by Gasteiger charge is 2.31. The molecule has 0 aliphatic heterocycles. The maximum atomic E-state index is 12.9. The Morgan fingerprint density at radius 2 is 1.85 bits per heavy atom. The predicted molar refractivity (Wildman–Crippen MR) is 90.1 cm³/mol. The fourth-order valence-electron chi connectivity index (χ4n) is 2.71. The number of alkyl halides is 3. The van der Waals surface area contributed by atoms with Crippen molar-refractivity contribution in [1.82, 2.24) is 4.57 Å². The van der Waals surface area contributed by atoms with Gasteiger partial charge in [-0.2, -0.15) is 13.2 Å². The van der Waals surface area contributed by atoms with Gasteiger partial charge in [0.1, 0.15) is 5.69 Å². The van der Waals surface area contributed by atoms with E-state index in [-0.39, 0.29) is 38.0 Å². The molecular formula is C17H12ClF3N2O4. The summed E-state index contributed by atoms with van der Waals surface area (Å²) >= 11 is 5.80. The highest BCUT2D eigenvalue weighted by molar-refractivity contribution is 6.33. The number of nitrogens with zero attached hydrogens (tertiary/aromatic N) is 2. The van der Waals surface area contributed by atoms with Gasteiger partial charge in [-0.15, -0.1) is 5.23 Å². The summed E-state index contributed by atoms with van der Waals surface area (Å²) in [5.41, 5.74) is -0.840. The number of aliphatic hydroxyl groups excluding tert-OH is 1. The van der Waals surface area contributed by atoms with E-state index in [9.17, 15) is 23.1 Å². The monoisotopic (exact) mass is 400 g/mol. The Hall–Kier alpha value is -2.59. The van der Waals surface area contributed by atoms with E-state index in [1.807, 2.05) is 0 Å². The molecule has 142 valence electrons. The molecule has 0 bridgehead atoms. The normalized spacial score (nSPS) is 11.8. The standard InChI is InChI=1S/C17H12ClF3N2O4/c18-13-3-1-9(5-15(13)23(26)27)16(25)22-7-10(8-24)12-6-11(17(19,20)21)2-4-14(12)22/h1-7,24,26-27H,8H2. The molecule has 2 aromatic carbocycles. The van der Waals surface area contributed by atoms with Crippen LogP contribution in [-0.4, -0.2) is 26.0 Å². The van der Waals surface area contributed by atoms with Gasteiger partial charge >= 0.3 is 6.18 Å². The quantitative estimate of drug-likeness (QED) is 0.577. The fourth-order valence-corrected chi connectivity index (χ4v) is 2.90. The molecule has 0 atom stereocenters. The number of carbonyl (C=O) groups is 1. The number of fused-ring (bicyclic) bond motifs is 1. The zero-order valence-electron chi connectivity index (χ0n) is 13.4. The highest BCUT2D eigenvalue weighted by atomic mass is 35.5. The minimum atomic E-state index is -4.57. The van der Waals surface area contributed by atoms with Crippen LogP contribution in [0.1, 0.15) is 21.5 Å². The molecule has 1 heterocycles. The number of benzene rings is 2. The molecule has 6 nitrogen and oxygen atoms in total. The molecule has 3 aromatic rings. The predicted octanol–water partition coefficient (Wildman–Crippen LogP) is 4.08. The zero-order valence-corrected chi connectivity index (χ0v) is 14.2. The number of anilines is 1. The molecule has 1 aromatic heterocycles. The van der Waals surface area contributed by atoms with E-state index >= 15 is 0 Å². The van der Waals surface area contributed by atoms with Crippen LogP contribution in [0.25, 0.3) is 10.9 Å². The van der Waals surface area contributed by atoms with E-state index in [1.165, 1.54) is 18.3 Å². The van der Waals surface area contributed by atoms with Crippen molar-refractivity contribution in [3.63, 3.8) is 0 Å². The van der Waals surface area contributed by atoms with E-state index in [0.29, 0.717) is 0 Å². The lowest BCUT2D eigenvalue weighted by atomic mass is 10.1. The second-order valence-electron chi connectivity index (χ2n) is 5.67. The summed E-state index contributed by atoms with van der Waals surface area (Å²) < 4.78 is 39.9. The van der Waals surface area contributed by atoms with Crippen LogP contribution in [0.2, 0.25) is 5.02 Å². The van der Waals surface area contributed by atoms with Gasteiger partial charge in [0.15, 0.2) is 0 Å². The van der Waals surface area contributed by atoms with Crippen molar-refractivity contribution >= 4 is 34.1 Å². The van der Waals surface area contributed by atoms with Gasteiger partial charge in [-0.1, -0.05) is 11.6 Å². The number of carbonyl (C=O) groups excluding carboxylic acids is 1. The molecule has 0 unspecified atom stereocenters. The van der Waals surface area contributed by atoms with Gasteiger partial charge in [-0.25, -0.2) is 0 Å². The van der Waals surface area contributed by atoms with Crippen molar-refractivity contribution < 1.29 is 33.5 Å². The zero-order chi connectivity index (χ0) is 19.9. The molecule has 0 aliphatic carbocycles. The Balaban J connectivity index is 2.14. The van der Waals surface area contributed by atoms with Crippen LogP contribution in [0.15, 0.2) is 42.6 Å². The van der Waals surface area contributed by atoms with Crippen molar-refractivity contribution in [2.75, 3.05) is 5.23 Å².